The highest BCUT2D eigenvalue weighted by Gasteiger charge is 2.22. The average molecular weight is 821 g/mol. The molecule has 4 aliphatic rings. The highest BCUT2D eigenvalue weighted by molar-refractivity contribution is 5.82. The van der Waals surface area contributed by atoms with E-state index in [-0.39, 0.29) is 0 Å². The van der Waals surface area contributed by atoms with Crippen LogP contribution in [0.5, 0.6) is 0 Å². The van der Waals surface area contributed by atoms with Gasteiger partial charge in [-0.15, -0.1) is 0 Å². The van der Waals surface area contributed by atoms with Crippen molar-refractivity contribution in [3.05, 3.63) is 141 Å². The van der Waals surface area contributed by atoms with Gasteiger partial charge in [-0.05, 0) is 168 Å². The van der Waals surface area contributed by atoms with Gasteiger partial charge in [0.05, 0.1) is 22.8 Å². The molecule has 4 fully saturated rings. The summed E-state index contributed by atoms with van der Waals surface area (Å²) in [5.41, 5.74) is 13.7. The molecule has 0 aliphatic heterocycles. The molecule has 9 rings (SSSR count). The lowest BCUT2D eigenvalue weighted by Crippen LogP contribution is -2.07. The Bertz CT molecular complexity index is 2040. The molecule has 0 aromatic carbocycles. The maximum atomic E-state index is 5.54. The van der Waals surface area contributed by atoms with E-state index < -0.39 is 0 Å². The third-order valence-corrected chi connectivity index (χ3v) is 14.4. The second-order valence-corrected chi connectivity index (χ2v) is 18.5. The molecular weight excluding hydrogens is 757 g/mol. The highest BCUT2D eigenvalue weighted by atomic mass is 14.8. The van der Waals surface area contributed by atoms with Gasteiger partial charge in [0.1, 0.15) is 0 Å². The molecule has 6 nitrogen and oxygen atoms in total. The number of nitrogens with zero attached hydrogens (tertiary/aromatic N) is 6. The molecule has 5 aromatic heterocycles. The number of rotatable bonds is 12. The second-order valence-electron chi connectivity index (χ2n) is 18.5. The van der Waals surface area contributed by atoms with Crippen LogP contribution in [-0.4, -0.2) is 29.9 Å². The Labute approximate surface area is 370 Å². The van der Waals surface area contributed by atoms with Crippen LogP contribution >= 0.6 is 0 Å². The molecule has 0 unspecified atom stereocenters. The van der Waals surface area contributed by atoms with Gasteiger partial charge in [0.15, 0.2) is 0 Å². The molecule has 4 saturated carbocycles. The Morgan fingerprint density at radius 1 is 0.290 bits per heavy atom. The zero-order valence-electron chi connectivity index (χ0n) is 36.7. The van der Waals surface area contributed by atoms with Gasteiger partial charge in [-0.2, -0.15) is 0 Å². The smallest absolute Gasteiger partial charge is 0.0894 e. The first-order chi connectivity index (χ1) is 30.8. The van der Waals surface area contributed by atoms with Crippen molar-refractivity contribution in [3.63, 3.8) is 0 Å². The van der Waals surface area contributed by atoms with Crippen LogP contribution < -0.4 is 0 Å². The molecule has 0 saturated heterocycles. The average Bonchev–Trinajstić information content (AvgIpc) is 3.35. The zero-order valence-corrected chi connectivity index (χ0v) is 36.7. The van der Waals surface area contributed by atoms with Crippen molar-refractivity contribution in [2.24, 2.45) is 0 Å². The van der Waals surface area contributed by atoms with Gasteiger partial charge in [-0.3, -0.25) is 19.9 Å². The molecule has 0 amide bonds. The quantitative estimate of drug-likeness (QED) is 0.125. The van der Waals surface area contributed by atoms with Crippen LogP contribution in [0.4, 0.5) is 0 Å². The van der Waals surface area contributed by atoms with E-state index in [2.05, 4.69) is 118 Å². The summed E-state index contributed by atoms with van der Waals surface area (Å²) in [4.78, 5) is 29.5. The maximum Gasteiger partial charge on any atom is 0.0894 e. The number of hydrogen-bond acceptors (Lipinski definition) is 6. The molecule has 62 heavy (non-hydrogen) atoms. The van der Waals surface area contributed by atoms with Crippen LogP contribution in [0.2, 0.25) is 0 Å². The van der Waals surface area contributed by atoms with E-state index in [1.165, 1.54) is 173 Å². The minimum absolute atomic E-state index is 0.545. The first kappa shape index (κ1) is 42.0. The Balaban J connectivity index is 1.16. The topological polar surface area (TPSA) is 77.3 Å². The lowest BCUT2D eigenvalue weighted by molar-refractivity contribution is 0.442. The number of hydrogen-bond donors (Lipinski definition) is 0. The van der Waals surface area contributed by atoms with Gasteiger partial charge in [-0.25, -0.2) is 9.97 Å². The summed E-state index contributed by atoms with van der Waals surface area (Å²) >= 11 is 0. The fourth-order valence-corrected chi connectivity index (χ4v) is 10.9. The monoisotopic (exact) mass is 821 g/mol. The molecule has 6 heteroatoms. The summed E-state index contributed by atoms with van der Waals surface area (Å²) < 4.78 is 0. The van der Waals surface area contributed by atoms with Crippen LogP contribution in [-0.2, 0) is 0 Å². The van der Waals surface area contributed by atoms with Crippen LogP contribution in [0.25, 0.3) is 48.6 Å². The van der Waals surface area contributed by atoms with Gasteiger partial charge >= 0.3 is 0 Å². The van der Waals surface area contributed by atoms with Crippen molar-refractivity contribution in [2.75, 3.05) is 0 Å². The summed E-state index contributed by atoms with van der Waals surface area (Å²) in [6.07, 6.45) is 59.3. The molecule has 0 bridgehead atoms. The fourth-order valence-electron chi connectivity index (χ4n) is 10.9. The van der Waals surface area contributed by atoms with Crippen molar-refractivity contribution in [2.45, 2.75) is 152 Å². The SMILES string of the molecule is C(=Cc1nc(C=Cc2ccncc2C2CCCCC2)c(C=Cc2ccncc2C2CCCCC2)nc1C=Cc1ccncc1C1CCCCC1)c1ccncc1C1CCCCC1. The predicted molar refractivity (Wildman–Crippen MR) is 258 cm³/mol. The van der Waals surface area contributed by atoms with Gasteiger partial charge in [0.2, 0.25) is 0 Å². The van der Waals surface area contributed by atoms with Crippen molar-refractivity contribution in [1.82, 2.24) is 29.9 Å². The molecule has 0 radical (unpaired) electrons. The van der Waals surface area contributed by atoms with Crippen molar-refractivity contribution in [3.8, 4) is 0 Å². The van der Waals surface area contributed by atoms with E-state index in [1.807, 2.05) is 24.8 Å². The summed E-state index contributed by atoms with van der Waals surface area (Å²) in [7, 11) is 0. The van der Waals surface area contributed by atoms with E-state index in [0.717, 1.165) is 22.8 Å². The number of pyridine rings is 4. The van der Waals surface area contributed by atoms with Crippen LogP contribution in [0, 0.1) is 0 Å². The van der Waals surface area contributed by atoms with E-state index >= 15 is 0 Å². The molecule has 0 atom stereocenters. The maximum absolute atomic E-state index is 5.54. The third-order valence-electron chi connectivity index (χ3n) is 14.4. The standard InChI is InChI=1S/C56H64N6/c1-5-13-41(14-6-1)49-37-57-33-29-45(49)21-25-53-54(26-22-46-30-34-58-38-50(46)42-15-7-2-8-16-42)62-56(28-24-48-32-36-60-40-52(48)44-19-11-4-12-20-44)55(61-53)27-23-47-31-35-59-39-51(47)43-17-9-3-10-18-43/h21-44H,1-20H2. The third kappa shape index (κ3) is 10.5. The van der Waals surface area contributed by atoms with E-state index in [4.69, 9.17) is 9.97 Å². The van der Waals surface area contributed by atoms with Gasteiger partial charge in [0, 0.05) is 49.6 Å². The minimum atomic E-state index is 0.545. The molecule has 5 aromatic rings. The van der Waals surface area contributed by atoms with E-state index in [9.17, 15) is 0 Å². The summed E-state index contributed by atoms with van der Waals surface area (Å²) in [6.45, 7) is 0. The largest absolute Gasteiger partial charge is 0.264 e. The molecule has 318 valence electrons. The predicted octanol–water partition coefficient (Wildman–Crippen LogP) is 14.9. The van der Waals surface area contributed by atoms with Gasteiger partial charge < -0.3 is 0 Å². The molecule has 0 N–H and O–H groups in total. The van der Waals surface area contributed by atoms with Crippen molar-refractivity contribution < 1.29 is 0 Å². The summed E-state index contributed by atoms with van der Waals surface area (Å²) in [5.74, 6) is 2.18. The highest BCUT2D eigenvalue weighted by Crippen LogP contribution is 2.38. The molecule has 5 heterocycles. The Kier molecular flexibility index (Phi) is 14.3. The van der Waals surface area contributed by atoms with Crippen LogP contribution in [0.3, 0.4) is 0 Å². The molecule has 4 aliphatic carbocycles. The zero-order chi connectivity index (χ0) is 41.8. The lowest BCUT2D eigenvalue weighted by atomic mass is 9.83. The summed E-state index contributed by atoms with van der Waals surface area (Å²) in [5, 5.41) is 0. The summed E-state index contributed by atoms with van der Waals surface area (Å²) in [6, 6.07) is 8.68. The second kappa shape index (κ2) is 21.1. The first-order valence-electron chi connectivity index (χ1n) is 24.2. The van der Waals surface area contributed by atoms with Crippen LogP contribution in [0.15, 0.2) is 73.8 Å². The first-order valence-corrected chi connectivity index (χ1v) is 24.2. The van der Waals surface area contributed by atoms with E-state index in [1.54, 1.807) is 0 Å². The molecular formula is C56H64N6. The van der Waals surface area contributed by atoms with E-state index in [0.29, 0.717) is 23.7 Å². The number of aromatic nitrogens is 6. The normalized spacial score (nSPS) is 19.1. The van der Waals surface area contributed by atoms with Crippen molar-refractivity contribution >= 4 is 48.6 Å². The Hall–Kier alpha value is -5.36. The Morgan fingerprint density at radius 2 is 0.516 bits per heavy atom. The van der Waals surface area contributed by atoms with Gasteiger partial charge in [0.25, 0.3) is 0 Å². The van der Waals surface area contributed by atoms with Crippen molar-refractivity contribution in [1.29, 1.82) is 0 Å². The minimum Gasteiger partial charge on any atom is -0.264 e. The van der Waals surface area contributed by atoms with Crippen LogP contribution in [0.1, 0.15) is 219 Å². The molecule has 0 spiro atoms. The lowest BCUT2D eigenvalue weighted by Gasteiger charge is -2.23. The Morgan fingerprint density at radius 3 is 0.742 bits per heavy atom. The fraction of sp³-hybridized carbons (Fsp3) is 0.429. The van der Waals surface area contributed by atoms with Gasteiger partial charge in [-0.1, -0.05) is 101 Å².